The summed E-state index contributed by atoms with van der Waals surface area (Å²) in [5.41, 5.74) is 7.16. The molecule has 1 rings (SSSR count). The van der Waals surface area contributed by atoms with Crippen LogP contribution in [0.4, 0.5) is 0 Å². The normalized spacial score (nSPS) is 12.3. The van der Waals surface area contributed by atoms with Crippen molar-refractivity contribution >= 4 is 28.3 Å². The number of nitrogens with two attached hydrogens (primary N) is 1. The third kappa shape index (κ3) is 5.50. The molecular formula is C11H18BrClN2. The van der Waals surface area contributed by atoms with Crippen molar-refractivity contribution in [2.24, 2.45) is 11.7 Å². The maximum absolute atomic E-state index is 6.05. The predicted octanol–water partition coefficient (Wildman–Crippen LogP) is 3.70. The van der Waals surface area contributed by atoms with E-state index >= 15 is 0 Å². The molecule has 0 saturated heterocycles. The first kappa shape index (κ1) is 14.9. The third-order valence-electron chi connectivity index (χ3n) is 2.21. The van der Waals surface area contributed by atoms with Crippen LogP contribution in [0.3, 0.4) is 0 Å². The van der Waals surface area contributed by atoms with Gasteiger partial charge in [0.1, 0.15) is 0 Å². The van der Waals surface area contributed by atoms with Crippen LogP contribution in [0.2, 0.25) is 0 Å². The third-order valence-corrected chi connectivity index (χ3v) is 2.64. The molecule has 0 fully saturated rings. The van der Waals surface area contributed by atoms with Crippen LogP contribution in [-0.4, -0.2) is 4.98 Å². The quantitative estimate of drug-likeness (QED) is 0.919. The summed E-state index contributed by atoms with van der Waals surface area (Å²) in [5, 5.41) is 0. The molecule has 1 aromatic rings. The van der Waals surface area contributed by atoms with Gasteiger partial charge in [0.15, 0.2) is 0 Å². The van der Waals surface area contributed by atoms with Gasteiger partial charge in [0.2, 0.25) is 0 Å². The lowest BCUT2D eigenvalue weighted by molar-refractivity contribution is 0.506. The molecule has 0 bridgehead atoms. The minimum absolute atomic E-state index is 0. The molecule has 4 heteroatoms. The van der Waals surface area contributed by atoms with Crippen LogP contribution in [0.15, 0.2) is 22.9 Å². The minimum atomic E-state index is 0. The lowest BCUT2D eigenvalue weighted by Crippen LogP contribution is -2.11. The molecule has 2 N–H and O–H groups in total. The van der Waals surface area contributed by atoms with E-state index < -0.39 is 0 Å². The first-order chi connectivity index (χ1) is 6.59. The number of pyridine rings is 1. The molecular weight excluding hydrogens is 275 g/mol. The number of nitrogens with zero attached hydrogens (tertiary/aromatic N) is 1. The summed E-state index contributed by atoms with van der Waals surface area (Å²) in [7, 11) is 0. The molecule has 1 aromatic heterocycles. The van der Waals surface area contributed by atoms with Gasteiger partial charge in [-0.3, -0.25) is 4.98 Å². The van der Waals surface area contributed by atoms with Gasteiger partial charge in [0, 0.05) is 22.9 Å². The molecule has 0 aliphatic heterocycles. The fourth-order valence-electron chi connectivity index (χ4n) is 1.31. The van der Waals surface area contributed by atoms with Crippen molar-refractivity contribution in [2.75, 3.05) is 0 Å². The van der Waals surface area contributed by atoms with E-state index in [0.717, 1.165) is 22.9 Å². The Hall–Kier alpha value is -0.120. The molecule has 1 atom stereocenters. The van der Waals surface area contributed by atoms with Crippen molar-refractivity contribution in [3.63, 3.8) is 0 Å². The highest BCUT2D eigenvalue weighted by Gasteiger charge is 2.07. The van der Waals surface area contributed by atoms with Crippen molar-refractivity contribution in [1.29, 1.82) is 0 Å². The monoisotopic (exact) mass is 292 g/mol. The summed E-state index contributed by atoms with van der Waals surface area (Å²) in [5.74, 6) is 0.709. The number of halogens is 2. The number of aromatic nitrogens is 1. The van der Waals surface area contributed by atoms with Crippen LogP contribution in [0.1, 0.15) is 38.3 Å². The Labute approximate surface area is 106 Å². The average Bonchev–Trinajstić information content (AvgIpc) is 2.14. The minimum Gasteiger partial charge on any atom is -0.324 e. The molecule has 0 amide bonds. The van der Waals surface area contributed by atoms with Gasteiger partial charge < -0.3 is 5.73 Å². The van der Waals surface area contributed by atoms with Crippen LogP contribution in [0.5, 0.6) is 0 Å². The maximum Gasteiger partial charge on any atom is 0.0410 e. The zero-order valence-corrected chi connectivity index (χ0v) is 11.5. The summed E-state index contributed by atoms with van der Waals surface area (Å²) in [6, 6.07) is 2.15. The number of rotatable bonds is 4. The lowest BCUT2D eigenvalue weighted by Gasteiger charge is -2.13. The van der Waals surface area contributed by atoms with E-state index in [-0.39, 0.29) is 18.4 Å². The zero-order chi connectivity index (χ0) is 10.6. The standard InChI is InChI=1S/C11H17BrN2.ClH/c1-8(2)3-4-11(13)9-5-10(12)7-14-6-9;/h5-8,11H,3-4,13H2,1-2H3;1H/t11-;/m1./s1. The van der Waals surface area contributed by atoms with Crippen LogP contribution < -0.4 is 5.73 Å². The van der Waals surface area contributed by atoms with Crippen LogP contribution in [0, 0.1) is 5.92 Å². The SMILES string of the molecule is CC(C)CC[C@@H](N)c1cncc(Br)c1.Cl. The largest absolute Gasteiger partial charge is 0.324 e. The van der Waals surface area contributed by atoms with Gasteiger partial charge in [-0.15, -0.1) is 12.4 Å². The van der Waals surface area contributed by atoms with Crippen molar-refractivity contribution in [3.05, 3.63) is 28.5 Å². The van der Waals surface area contributed by atoms with Crippen molar-refractivity contribution in [3.8, 4) is 0 Å². The van der Waals surface area contributed by atoms with Crippen LogP contribution in [0.25, 0.3) is 0 Å². The fraction of sp³-hybridized carbons (Fsp3) is 0.545. The highest BCUT2D eigenvalue weighted by molar-refractivity contribution is 9.10. The van der Waals surface area contributed by atoms with Crippen molar-refractivity contribution < 1.29 is 0 Å². The Balaban J connectivity index is 0.00000196. The smallest absolute Gasteiger partial charge is 0.0410 e. The number of hydrogen-bond donors (Lipinski definition) is 1. The molecule has 2 nitrogen and oxygen atoms in total. The second-order valence-electron chi connectivity index (χ2n) is 4.01. The molecule has 0 spiro atoms. The molecule has 0 radical (unpaired) electrons. The Morgan fingerprint density at radius 2 is 2.00 bits per heavy atom. The van der Waals surface area contributed by atoms with Crippen molar-refractivity contribution in [2.45, 2.75) is 32.7 Å². The van der Waals surface area contributed by atoms with Gasteiger partial charge in [-0.25, -0.2) is 0 Å². The van der Waals surface area contributed by atoms with Gasteiger partial charge in [0.05, 0.1) is 0 Å². The van der Waals surface area contributed by atoms with E-state index in [2.05, 4.69) is 34.8 Å². The molecule has 86 valence electrons. The summed E-state index contributed by atoms with van der Waals surface area (Å²) < 4.78 is 0.995. The molecule has 0 aromatic carbocycles. The fourth-order valence-corrected chi connectivity index (χ4v) is 1.69. The zero-order valence-electron chi connectivity index (χ0n) is 9.11. The highest BCUT2D eigenvalue weighted by Crippen LogP contribution is 2.20. The lowest BCUT2D eigenvalue weighted by atomic mass is 10.00. The Morgan fingerprint density at radius 3 is 2.53 bits per heavy atom. The Morgan fingerprint density at radius 1 is 1.33 bits per heavy atom. The van der Waals surface area contributed by atoms with E-state index in [1.165, 1.54) is 0 Å². The molecule has 15 heavy (non-hydrogen) atoms. The second-order valence-corrected chi connectivity index (χ2v) is 4.93. The topological polar surface area (TPSA) is 38.9 Å². The van der Waals surface area contributed by atoms with Gasteiger partial charge >= 0.3 is 0 Å². The number of hydrogen-bond acceptors (Lipinski definition) is 2. The highest BCUT2D eigenvalue weighted by atomic mass is 79.9. The van der Waals surface area contributed by atoms with Gasteiger partial charge in [-0.05, 0) is 46.3 Å². The summed E-state index contributed by atoms with van der Waals surface area (Å²) in [6.07, 6.45) is 5.80. The summed E-state index contributed by atoms with van der Waals surface area (Å²) >= 11 is 3.39. The average molecular weight is 294 g/mol. The van der Waals surface area contributed by atoms with E-state index in [4.69, 9.17) is 5.73 Å². The molecule has 0 saturated carbocycles. The van der Waals surface area contributed by atoms with E-state index in [0.29, 0.717) is 5.92 Å². The maximum atomic E-state index is 6.05. The van der Waals surface area contributed by atoms with Crippen molar-refractivity contribution in [1.82, 2.24) is 4.98 Å². The Kier molecular flexibility index (Phi) is 7.14. The summed E-state index contributed by atoms with van der Waals surface area (Å²) in [6.45, 7) is 4.43. The molecule has 0 aliphatic carbocycles. The van der Waals surface area contributed by atoms with E-state index in [9.17, 15) is 0 Å². The van der Waals surface area contributed by atoms with Gasteiger partial charge in [0.25, 0.3) is 0 Å². The Bertz CT molecular complexity index is 292. The second kappa shape index (κ2) is 7.20. The predicted molar refractivity (Wildman–Crippen MR) is 70.2 cm³/mol. The van der Waals surface area contributed by atoms with Gasteiger partial charge in [-0.2, -0.15) is 0 Å². The van der Waals surface area contributed by atoms with Crippen LogP contribution in [-0.2, 0) is 0 Å². The van der Waals surface area contributed by atoms with Gasteiger partial charge in [-0.1, -0.05) is 13.8 Å². The molecule has 1 heterocycles. The van der Waals surface area contributed by atoms with E-state index in [1.807, 2.05) is 12.3 Å². The summed E-state index contributed by atoms with van der Waals surface area (Å²) in [4.78, 5) is 4.11. The first-order valence-corrected chi connectivity index (χ1v) is 5.75. The van der Waals surface area contributed by atoms with Crippen LogP contribution >= 0.6 is 28.3 Å². The molecule has 0 unspecified atom stereocenters. The first-order valence-electron chi connectivity index (χ1n) is 4.95. The van der Waals surface area contributed by atoms with E-state index in [1.54, 1.807) is 6.20 Å². The molecule has 0 aliphatic rings.